The van der Waals surface area contributed by atoms with Crippen molar-refractivity contribution in [1.29, 1.82) is 0 Å². The summed E-state index contributed by atoms with van der Waals surface area (Å²) in [6, 6.07) is 14.9. The van der Waals surface area contributed by atoms with Crippen molar-refractivity contribution in [3.05, 3.63) is 69.7 Å². The normalized spacial score (nSPS) is 20.7. The number of carbonyl (C=O) groups is 2. The Bertz CT molecular complexity index is 773. The Morgan fingerprint density at radius 1 is 1.13 bits per heavy atom. The van der Waals surface area contributed by atoms with E-state index in [2.05, 4.69) is 21.2 Å². The summed E-state index contributed by atoms with van der Waals surface area (Å²) in [7, 11) is 0. The van der Waals surface area contributed by atoms with Crippen molar-refractivity contribution in [2.45, 2.75) is 25.9 Å². The topological polar surface area (TPSA) is 49.4 Å². The number of urea groups is 1. The van der Waals surface area contributed by atoms with E-state index in [9.17, 15) is 9.59 Å². The highest BCUT2D eigenvalue weighted by Gasteiger charge is 2.48. The van der Waals surface area contributed by atoms with Crippen LogP contribution < -0.4 is 5.32 Å². The molecule has 1 unspecified atom stereocenters. The SMILES string of the molecule is Cc1ccc(C2(C)NC(=O)N(Cc3cccc(Br)c3)C2=O)cc1. The van der Waals surface area contributed by atoms with Gasteiger partial charge in [0.1, 0.15) is 5.54 Å². The Balaban J connectivity index is 1.89. The van der Waals surface area contributed by atoms with Crippen LogP contribution in [-0.2, 0) is 16.9 Å². The lowest BCUT2D eigenvalue weighted by Crippen LogP contribution is -2.40. The zero-order chi connectivity index (χ0) is 16.6. The molecule has 1 N–H and O–H groups in total. The molecule has 5 heteroatoms. The van der Waals surface area contributed by atoms with Crippen molar-refractivity contribution in [3.8, 4) is 0 Å². The van der Waals surface area contributed by atoms with Gasteiger partial charge in [-0.1, -0.05) is 57.9 Å². The third kappa shape index (κ3) is 2.88. The van der Waals surface area contributed by atoms with E-state index in [1.54, 1.807) is 6.92 Å². The van der Waals surface area contributed by atoms with Crippen molar-refractivity contribution in [1.82, 2.24) is 10.2 Å². The average Bonchev–Trinajstić information content (AvgIpc) is 2.72. The Morgan fingerprint density at radius 2 is 1.83 bits per heavy atom. The van der Waals surface area contributed by atoms with Gasteiger partial charge in [0.2, 0.25) is 0 Å². The number of rotatable bonds is 3. The van der Waals surface area contributed by atoms with Crippen LogP contribution in [0.4, 0.5) is 4.79 Å². The van der Waals surface area contributed by atoms with Crippen molar-refractivity contribution in [2.24, 2.45) is 0 Å². The minimum absolute atomic E-state index is 0.230. The molecule has 0 radical (unpaired) electrons. The van der Waals surface area contributed by atoms with Gasteiger partial charge in [0.25, 0.3) is 5.91 Å². The lowest BCUT2D eigenvalue weighted by atomic mass is 9.91. The summed E-state index contributed by atoms with van der Waals surface area (Å²) in [6.07, 6.45) is 0. The summed E-state index contributed by atoms with van der Waals surface area (Å²) in [5.41, 5.74) is 1.78. The number of halogens is 1. The van der Waals surface area contributed by atoms with Crippen LogP contribution in [-0.4, -0.2) is 16.8 Å². The van der Waals surface area contributed by atoms with E-state index in [1.807, 2.05) is 55.5 Å². The second kappa shape index (κ2) is 5.81. The molecule has 0 spiro atoms. The van der Waals surface area contributed by atoms with Crippen LogP contribution in [0.5, 0.6) is 0 Å². The smallest absolute Gasteiger partial charge is 0.319 e. The fourth-order valence-electron chi connectivity index (χ4n) is 2.74. The van der Waals surface area contributed by atoms with Gasteiger partial charge < -0.3 is 5.32 Å². The zero-order valence-electron chi connectivity index (χ0n) is 13.0. The molecule has 1 aliphatic heterocycles. The minimum Gasteiger partial charge on any atom is -0.319 e. The Morgan fingerprint density at radius 3 is 2.48 bits per heavy atom. The van der Waals surface area contributed by atoms with Gasteiger partial charge in [0.15, 0.2) is 0 Å². The number of nitrogens with zero attached hydrogens (tertiary/aromatic N) is 1. The van der Waals surface area contributed by atoms with Gasteiger partial charge in [0.05, 0.1) is 6.54 Å². The molecule has 1 heterocycles. The molecule has 3 amide bonds. The molecule has 0 aliphatic carbocycles. The largest absolute Gasteiger partial charge is 0.325 e. The lowest BCUT2D eigenvalue weighted by Gasteiger charge is -2.22. The molecule has 1 atom stereocenters. The van der Waals surface area contributed by atoms with Crippen LogP contribution in [0, 0.1) is 6.92 Å². The predicted octanol–water partition coefficient (Wildman–Crippen LogP) is 3.72. The highest BCUT2D eigenvalue weighted by atomic mass is 79.9. The number of imide groups is 1. The Hall–Kier alpha value is -2.14. The van der Waals surface area contributed by atoms with E-state index in [1.165, 1.54) is 4.90 Å². The summed E-state index contributed by atoms with van der Waals surface area (Å²) in [6.45, 7) is 3.99. The van der Waals surface area contributed by atoms with Crippen molar-refractivity contribution < 1.29 is 9.59 Å². The van der Waals surface area contributed by atoms with Crippen LogP contribution >= 0.6 is 15.9 Å². The number of hydrogen-bond acceptors (Lipinski definition) is 2. The van der Waals surface area contributed by atoms with Crippen LogP contribution in [0.3, 0.4) is 0 Å². The summed E-state index contributed by atoms with van der Waals surface area (Å²) < 4.78 is 0.920. The maximum Gasteiger partial charge on any atom is 0.325 e. The van der Waals surface area contributed by atoms with E-state index in [0.29, 0.717) is 0 Å². The molecular formula is C18H17BrN2O2. The molecule has 118 valence electrons. The highest BCUT2D eigenvalue weighted by Crippen LogP contribution is 2.30. The van der Waals surface area contributed by atoms with Crippen LogP contribution in [0.25, 0.3) is 0 Å². The van der Waals surface area contributed by atoms with Crippen LogP contribution in [0.15, 0.2) is 53.0 Å². The van der Waals surface area contributed by atoms with Gasteiger partial charge in [-0.15, -0.1) is 0 Å². The van der Waals surface area contributed by atoms with Crippen molar-refractivity contribution >= 4 is 27.9 Å². The Kier molecular flexibility index (Phi) is 3.98. The molecule has 2 aromatic carbocycles. The predicted molar refractivity (Wildman–Crippen MR) is 91.8 cm³/mol. The van der Waals surface area contributed by atoms with E-state index in [-0.39, 0.29) is 18.5 Å². The van der Waals surface area contributed by atoms with Gasteiger partial charge in [-0.2, -0.15) is 0 Å². The molecule has 4 nitrogen and oxygen atoms in total. The van der Waals surface area contributed by atoms with Gasteiger partial charge in [-0.3, -0.25) is 9.69 Å². The number of amides is 3. The fourth-order valence-corrected chi connectivity index (χ4v) is 3.19. The summed E-state index contributed by atoms with van der Waals surface area (Å²) in [4.78, 5) is 26.4. The van der Waals surface area contributed by atoms with Gasteiger partial charge in [0, 0.05) is 4.47 Å². The third-order valence-electron chi connectivity index (χ3n) is 4.13. The summed E-state index contributed by atoms with van der Waals surface area (Å²) >= 11 is 3.40. The fraction of sp³-hybridized carbons (Fsp3) is 0.222. The second-order valence-corrected chi connectivity index (χ2v) is 6.86. The van der Waals surface area contributed by atoms with Gasteiger partial charge >= 0.3 is 6.03 Å². The third-order valence-corrected chi connectivity index (χ3v) is 4.63. The first-order chi connectivity index (χ1) is 10.9. The maximum absolute atomic E-state index is 12.8. The Labute approximate surface area is 143 Å². The van der Waals surface area contributed by atoms with E-state index in [0.717, 1.165) is 21.2 Å². The molecule has 1 fully saturated rings. The summed E-state index contributed by atoms with van der Waals surface area (Å²) in [5, 5.41) is 2.83. The van der Waals surface area contributed by atoms with E-state index in [4.69, 9.17) is 0 Å². The van der Waals surface area contributed by atoms with Crippen molar-refractivity contribution in [2.75, 3.05) is 0 Å². The number of hydrogen-bond donors (Lipinski definition) is 1. The first-order valence-corrected chi connectivity index (χ1v) is 8.15. The number of carbonyl (C=O) groups excluding carboxylic acids is 2. The second-order valence-electron chi connectivity index (χ2n) is 5.94. The summed E-state index contributed by atoms with van der Waals surface area (Å²) in [5.74, 6) is -0.230. The van der Waals surface area contributed by atoms with E-state index >= 15 is 0 Å². The number of aryl methyl sites for hydroxylation is 1. The molecule has 1 saturated heterocycles. The molecule has 2 aromatic rings. The molecule has 1 aliphatic rings. The average molecular weight is 373 g/mol. The minimum atomic E-state index is -1.02. The monoisotopic (exact) mass is 372 g/mol. The zero-order valence-corrected chi connectivity index (χ0v) is 14.6. The maximum atomic E-state index is 12.8. The first-order valence-electron chi connectivity index (χ1n) is 7.36. The molecule has 3 rings (SSSR count). The number of benzene rings is 2. The molecule has 23 heavy (non-hydrogen) atoms. The quantitative estimate of drug-likeness (QED) is 0.834. The molecule has 0 saturated carbocycles. The van der Waals surface area contributed by atoms with Gasteiger partial charge in [-0.25, -0.2) is 4.79 Å². The van der Waals surface area contributed by atoms with Crippen molar-refractivity contribution in [3.63, 3.8) is 0 Å². The van der Waals surface area contributed by atoms with Crippen LogP contribution in [0.1, 0.15) is 23.6 Å². The molecule has 0 bridgehead atoms. The lowest BCUT2D eigenvalue weighted by molar-refractivity contribution is -0.131. The van der Waals surface area contributed by atoms with Crippen LogP contribution in [0.2, 0.25) is 0 Å². The van der Waals surface area contributed by atoms with E-state index < -0.39 is 5.54 Å². The number of nitrogens with one attached hydrogen (secondary N) is 1. The molecule has 0 aromatic heterocycles. The standard InChI is InChI=1S/C18H17BrN2O2/c1-12-6-8-14(9-7-12)18(2)16(22)21(17(23)20-18)11-13-4-3-5-15(19)10-13/h3-10H,11H2,1-2H3,(H,20,23). The van der Waals surface area contributed by atoms with Gasteiger partial charge in [-0.05, 0) is 37.1 Å². The molecular weight excluding hydrogens is 356 g/mol. The highest BCUT2D eigenvalue weighted by molar-refractivity contribution is 9.10. The first kappa shape index (κ1) is 15.7.